The third-order valence-corrected chi connectivity index (χ3v) is 5.35. The average Bonchev–Trinajstić information content (AvgIpc) is 2.97. The van der Waals surface area contributed by atoms with E-state index in [0.29, 0.717) is 15.8 Å². The Labute approximate surface area is 158 Å². The monoisotopic (exact) mass is 407 g/mol. The molecular weight excluding hydrogens is 394 g/mol. The van der Waals surface area contributed by atoms with E-state index in [1.165, 1.54) is 18.4 Å². The number of benzene rings is 1. The zero-order valence-corrected chi connectivity index (χ0v) is 15.5. The molecule has 1 amide bonds. The molecule has 12 heteroatoms. The molecule has 0 fully saturated rings. The molecule has 0 saturated heterocycles. The molecule has 27 heavy (non-hydrogen) atoms. The van der Waals surface area contributed by atoms with Gasteiger partial charge in [-0.15, -0.1) is 11.3 Å². The van der Waals surface area contributed by atoms with Crippen LogP contribution in [0.25, 0.3) is 10.2 Å². The number of carbonyl (C=O) groups is 1. The van der Waals surface area contributed by atoms with Crippen LogP contribution in [0.3, 0.4) is 0 Å². The SMILES string of the molecule is CS(=O)c1nc(OCc2ccc([N+](=O)[O-])cc2)c2c(N)c(C(N)=O)sc2n1. The normalized spacial score (nSPS) is 12.0. The van der Waals surface area contributed by atoms with Gasteiger partial charge < -0.3 is 16.2 Å². The second kappa shape index (κ2) is 7.25. The van der Waals surface area contributed by atoms with Crippen LogP contribution in [0.4, 0.5) is 11.4 Å². The number of rotatable bonds is 6. The molecule has 140 valence electrons. The number of anilines is 1. The summed E-state index contributed by atoms with van der Waals surface area (Å²) >= 11 is 0.965. The maximum absolute atomic E-state index is 11.8. The van der Waals surface area contributed by atoms with Crippen molar-refractivity contribution in [1.29, 1.82) is 0 Å². The van der Waals surface area contributed by atoms with Crippen molar-refractivity contribution in [3.63, 3.8) is 0 Å². The Kier molecular flexibility index (Phi) is 5.01. The maximum atomic E-state index is 11.8. The van der Waals surface area contributed by atoms with E-state index in [2.05, 4.69) is 9.97 Å². The number of ether oxygens (including phenoxy) is 1. The topological polar surface area (TPSA) is 164 Å². The van der Waals surface area contributed by atoms with E-state index in [-0.39, 0.29) is 33.9 Å². The fraction of sp³-hybridized carbons (Fsp3) is 0.133. The Hall–Kier alpha value is -3.12. The third kappa shape index (κ3) is 3.71. The second-order valence-corrected chi connectivity index (χ2v) is 7.64. The van der Waals surface area contributed by atoms with Gasteiger partial charge in [0.05, 0.1) is 26.8 Å². The lowest BCUT2D eigenvalue weighted by Gasteiger charge is -2.08. The van der Waals surface area contributed by atoms with Crippen LogP contribution in [0.2, 0.25) is 0 Å². The molecule has 0 aliphatic carbocycles. The van der Waals surface area contributed by atoms with Gasteiger partial charge in [0, 0.05) is 18.4 Å². The summed E-state index contributed by atoms with van der Waals surface area (Å²) in [5.74, 6) is -0.652. The molecule has 1 aromatic carbocycles. The molecule has 0 aliphatic heterocycles. The van der Waals surface area contributed by atoms with Crippen LogP contribution in [-0.2, 0) is 17.4 Å². The van der Waals surface area contributed by atoms with Gasteiger partial charge in [-0.3, -0.25) is 19.1 Å². The molecule has 3 aromatic rings. The summed E-state index contributed by atoms with van der Waals surface area (Å²) in [5.41, 5.74) is 12.0. The number of thiophene rings is 1. The van der Waals surface area contributed by atoms with Crippen LogP contribution in [0, 0.1) is 10.1 Å². The van der Waals surface area contributed by atoms with E-state index in [1.807, 2.05) is 0 Å². The van der Waals surface area contributed by atoms with Gasteiger partial charge in [0.15, 0.2) is 0 Å². The predicted octanol–water partition coefficient (Wildman–Crippen LogP) is 1.60. The number of primary amides is 1. The highest BCUT2D eigenvalue weighted by atomic mass is 32.2. The van der Waals surface area contributed by atoms with Crippen LogP contribution in [-0.4, -0.2) is 31.3 Å². The van der Waals surface area contributed by atoms with Crippen molar-refractivity contribution in [2.24, 2.45) is 5.73 Å². The molecule has 0 bridgehead atoms. The first-order valence-electron chi connectivity index (χ1n) is 7.37. The van der Waals surface area contributed by atoms with Crippen molar-refractivity contribution >= 4 is 49.6 Å². The quantitative estimate of drug-likeness (QED) is 0.353. The summed E-state index contributed by atoms with van der Waals surface area (Å²) in [5, 5.41) is 11.0. The Bertz CT molecular complexity index is 1080. The molecule has 0 aliphatic rings. The number of non-ortho nitro benzene ring substituents is 1. The first kappa shape index (κ1) is 18.7. The van der Waals surface area contributed by atoms with Gasteiger partial charge in [0.2, 0.25) is 11.0 Å². The number of hydrogen-bond acceptors (Lipinski definition) is 9. The molecule has 1 atom stereocenters. The third-order valence-electron chi connectivity index (χ3n) is 3.54. The Morgan fingerprint density at radius 3 is 2.56 bits per heavy atom. The second-order valence-electron chi connectivity index (χ2n) is 5.37. The minimum atomic E-state index is -1.49. The molecule has 3 rings (SSSR count). The van der Waals surface area contributed by atoms with Crippen LogP contribution in [0.1, 0.15) is 15.2 Å². The Morgan fingerprint density at radius 1 is 1.33 bits per heavy atom. The van der Waals surface area contributed by atoms with E-state index in [9.17, 15) is 19.1 Å². The zero-order valence-electron chi connectivity index (χ0n) is 13.9. The summed E-state index contributed by atoms with van der Waals surface area (Å²) in [6, 6.07) is 5.79. The van der Waals surface area contributed by atoms with Crippen LogP contribution in [0.15, 0.2) is 29.4 Å². The smallest absolute Gasteiger partial charge is 0.269 e. The molecule has 0 saturated carbocycles. The number of aromatic nitrogens is 2. The standard InChI is InChI=1S/C15H13N5O5S2/c1-27(24)15-18-13(9-10(16)11(12(17)21)26-14(9)19-15)25-6-7-2-4-8(5-3-7)20(22)23/h2-5H,6,16H2,1H3,(H2,17,21). The largest absolute Gasteiger partial charge is 0.472 e. The van der Waals surface area contributed by atoms with Gasteiger partial charge in [0.1, 0.15) is 16.3 Å². The molecule has 4 N–H and O–H groups in total. The van der Waals surface area contributed by atoms with Crippen molar-refractivity contribution in [2.75, 3.05) is 12.0 Å². The van der Waals surface area contributed by atoms with E-state index in [4.69, 9.17) is 16.2 Å². The Balaban J connectivity index is 1.99. The first-order chi connectivity index (χ1) is 12.8. The van der Waals surface area contributed by atoms with Crippen molar-refractivity contribution in [3.8, 4) is 5.88 Å². The number of carbonyl (C=O) groups excluding carboxylic acids is 1. The number of fused-ring (bicyclic) bond motifs is 1. The molecule has 1 unspecified atom stereocenters. The van der Waals surface area contributed by atoms with Crippen LogP contribution < -0.4 is 16.2 Å². The predicted molar refractivity (Wildman–Crippen MR) is 100 cm³/mol. The number of nitrogens with zero attached hydrogens (tertiary/aromatic N) is 3. The van der Waals surface area contributed by atoms with Gasteiger partial charge >= 0.3 is 0 Å². The molecule has 0 spiro atoms. The van der Waals surface area contributed by atoms with Crippen molar-refractivity contribution in [3.05, 3.63) is 44.8 Å². The highest BCUT2D eigenvalue weighted by Gasteiger charge is 2.22. The molecule has 2 heterocycles. The summed E-state index contributed by atoms with van der Waals surface area (Å²) in [7, 11) is -1.49. The van der Waals surface area contributed by atoms with Gasteiger partial charge in [-0.2, -0.15) is 4.98 Å². The number of nitrogen functional groups attached to an aromatic ring is 1. The zero-order chi connectivity index (χ0) is 19.7. The minimum absolute atomic E-state index is 0.0264. The fourth-order valence-electron chi connectivity index (χ4n) is 2.25. The van der Waals surface area contributed by atoms with Gasteiger partial charge in [-0.05, 0) is 17.7 Å². The highest BCUT2D eigenvalue weighted by Crippen LogP contribution is 2.38. The summed E-state index contributed by atoms with van der Waals surface area (Å²) < 4.78 is 17.5. The van der Waals surface area contributed by atoms with Gasteiger partial charge in [0.25, 0.3) is 11.6 Å². The van der Waals surface area contributed by atoms with E-state index < -0.39 is 21.6 Å². The average molecular weight is 407 g/mol. The molecule has 2 aromatic heterocycles. The van der Waals surface area contributed by atoms with Gasteiger partial charge in [-0.1, -0.05) is 0 Å². The molecular formula is C15H13N5O5S2. The van der Waals surface area contributed by atoms with E-state index in [1.54, 1.807) is 12.1 Å². The lowest BCUT2D eigenvalue weighted by Crippen LogP contribution is -2.10. The summed E-state index contributed by atoms with van der Waals surface area (Å²) in [6.45, 7) is 0.0289. The van der Waals surface area contributed by atoms with Crippen LogP contribution in [0.5, 0.6) is 5.88 Å². The Morgan fingerprint density at radius 2 is 2.00 bits per heavy atom. The number of amides is 1. The van der Waals surface area contributed by atoms with Crippen molar-refractivity contribution in [1.82, 2.24) is 9.97 Å². The lowest BCUT2D eigenvalue weighted by molar-refractivity contribution is -0.384. The number of nitrogens with two attached hydrogens (primary N) is 2. The van der Waals surface area contributed by atoms with E-state index >= 15 is 0 Å². The molecule has 0 radical (unpaired) electrons. The summed E-state index contributed by atoms with van der Waals surface area (Å²) in [4.78, 5) is 30.5. The highest BCUT2D eigenvalue weighted by molar-refractivity contribution is 7.84. The fourth-order valence-corrected chi connectivity index (χ4v) is 3.68. The number of nitro benzene ring substituents is 1. The van der Waals surface area contributed by atoms with E-state index in [0.717, 1.165) is 11.3 Å². The first-order valence-corrected chi connectivity index (χ1v) is 9.74. The van der Waals surface area contributed by atoms with Crippen molar-refractivity contribution < 1.29 is 18.7 Å². The number of hydrogen-bond donors (Lipinski definition) is 2. The number of nitro groups is 1. The molecule has 10 nitrogen and oxygen atoms in total. The van der Waals surface area contributed by atoms with Gasteiger partial charge in [-0.25, -0.2) is 4.98 Å². The van der Waals surface area contributed by atoms with Crippen LogP contribution >= 0.6 is 11.3 Å². The minimum Gasteiger partial charge on any atom is -0.472 e. The van der Waals surface area contributed by atoms with Crippen molar-refractivity contribution in [2.45, 2.75) is 11.8 Å². The summed E-state index contributed by atoms with van der Waals surface area (Å²) in [6.07, 6.45) is 1.41. The maximum Gasteiger partial charge on any atom is 0.269 e. The lowest BCUT2D eigenvalue weighted by atomic mass is 10.2.